The van der Waals surface area contributed by atoms with Crippen LogP contribution in [-0.2, 0) is 10.0 Å². The lowest BCUT2D eigenvalue weighted by Crippen LogP contribution is -2.14. The molecule has 0 atom stereocenters. The summed E-state index contributed by atoms with van der Waals surface area (Å²) in [6.07, 6.45) is 0. The van der Waals surface area contributed by atoms with Gasteiger partial charge in [0.15, 0.2) is 11.0 Å². The van der Waals surface area contributed by atoms with E-state index < -0.39 is 10.0 Å². The second-order valence-corrected chi connectivity index (χ2v) is 6.43. The number of benzene rings is 2. The van der Waals surface area contributed by atoms with Crippen molar-refractivity contribution < 1.29 is 8.42 Å². The molecule has 106 valence electrons. The summed E-state index contributed by atoms with van der Waals surface area (Å²) in [5, 5.41) is 9.30. The van der Waals surface area contributed by atoms with Crippen molar-refractivity contribution in [2.24, 2.45) is 0 Å². The zero-order valence-electron chi connectivity index (χ0n) is 10.7. The van der Waals surface area contributed by atoms with E-state index in [4.69, 9.17) is 11.6 Å². The molecule has 1 aromatic heterocycles. The van der Waals surface area contributed by atoms with Gasteiger partial charge in [0.25, 0.3) is 10.0 Å². The molecule has 5 nitrogen and oxygen atoms in total. The summed E-state index contributed by atoms with van der Waals surface area (Å²) in [6.45, 7) is 0. The van der Waals surface area contributed by atoms with E-state index in [1.54, 1.807) is 18.2 Å². The minimum absolute atomic E-state index is 0.118. The Morgan fingerprint density at radius 1 is 0.905 bits per heavy atom. The van der Waals surface area contributed by atoms with Gasteiger partial charge in [0.1, 0.15) is 0 Å². The first kappa shape index (κ1) is 13.8. The predicted molar refractivity (Wildman–Crippen MR) is 81.8 cm³/mol. The maximum atomic E-state index is 12.3. The first-order valence-corrected chi connectivity index (χ1v) is 7.91. The lowest BCUT2D eigenvalue weighted by Gasteiger charge is -2.07. The third-order valence-electron chi connectivity index (χ3n) is 2.90. The monoisotopic (exact) mass is 319 g/mol. The van der Waals surface area contributed by atoms with E-state index in [1.165, 1.54) is 12.1 Å². The molecule has 21 heavy (non-hydrogen) atoms. The number of nitrogens with zero attached hydrogens (tertiary/aromatic N) is 2. The standard InChI is InChI=1S/C14H10ClN3O2S/c15-13-7-8-14(17-16-13)18-21(19,20)12-6-5-10-3-1-2-4-11(10)9-12/h1-9H,(H,17,18). The van der Waals surface area contributed by atoms with Crippen LogP contribution in [0.4, 0.5) is 5.82 Å². The van der Waals surface area contributed by atoms with Crippen molar-refractivity contribution in [3.05, 3.63) is 59.8 Å². The van der Waals surface area contributed by atoms with Gasteiger partial charge in [-0.3, -0.25) is 4.72 Å². The summed E-state index contributed by atoms with van der Waals surface area (Å²) in [5.41, 5.74) is 0. The van der Waals surface area contributed by atoms with Crippen LogP contribution < -0.4 is 4.72 Å². The van der Waals surface area contributed by atoms with Crippen molar-refractivity contribution in [1.29, 1.82) is 0 Å². The molecule has 0 unspecified atom stereocenters. The second-order valence-electron chi connectivity index (χ2n) is 4.36. The molecular weight excluding hydrogens is 310 g/mol. The van der Waals surface area contributed by atoms with Gasteiger partial charge >= 0.3 is 0 Å². The Hall–Kier alpha value is -2.18. The maximum Gasteiger partial charge on any atom is 0.263 e. The van der Waals surface area contributed by atoms with E-state index in [2.05, 4.69) is 14.9 Å². The van der Waals surface area contributed by atoms with Gasteiger partial charge in [-0.25, -0.2) is 8.42 Å². The molecule has 2 aromatic carbocycles. The topological polar surface area (TPSA) is 72.0 Å². The number of sulfonamides is 1. The molecule has 0 aliphatic carbocycles. The third-order valence-corrected chi connectivity index (χ3v) is 4.46. The van der Waals surface area contributed by atoms with Crippen LogP contribution in [0.15, 0.2) is 59.5 Å². The number of hydrogen-bond donors (Lipinski definition) is 1. The Morgan fingerprint density at radius 2 is 1.67 bits per heavy atom. The normalized spacial score (nSPS) is 11.5. The number of fused-ring (bicyclic) bond motifs is 1. The quantitative estimate of drug-likeness (QED) is 0.805. The van der Waals surface area contributed by atoms with E-state index in [0.29, 0.717) is 0 Å². The molecule has 1 heterocycles. The van der Waals surface area contributed by atoms with Crippen LogP contribution in [-0.4, -0.2) is 18.6 Å². The highest BCUT2D eigenvalue weighted by Crippen LogP contribution is 2.20. The fourth-order valence-electron chi connectivity index (χ4n) is 1.90. The van der Waals surface area contributed by atoms with Crippen molar-refractivity contribution in [3.8, 4) is 0 Å². The first-order chi connectivity index (χ1) is 10.0. The van der Waals surface area contributed by atoms with Crippen LogP contribution in [0.3, 0.4) is 0 Å². The Bertz CT molecular complexity index is 895. The number of hydrogen-bond acceptors (Lipinski definition) is 4. The maximum absolute atomic E-state index is 12.3. The van der Waals surface area contributed by atoms with Crippen LogP contribution in [0.25, 0.3) is 10.8 Å². The molecule has 0 saturated heterocycles. The number of anilines is 1. The largest absolute Gasteiger partial charge is 0.263 e. The molecule has 3 aromatic rings. The van der Waals surface area contributed by atoms with Crippen molar-refractivity contribution in [2.75, 3.05) is 4.72 Å². The first-order valence-electron chi connectivity index (χ1n) is 6.05. The minimum Gasteiger partial charge on any atom is -0.262 e. The molecule has 1 N–H and O–H groups in total. The molecule has 0 aliphatic rings. The van der Waals surface area contributed by atoms with E-state index in [0.717, 1.165) is 10.8 Å². The van der Waals surface area contributed by atoms with Gasteiger partial charge in [-0.2, -0.15) is 0 Å². The fourth-order valence-corrected chi connectivity index (χ4v) is 3.03. The van der Waals surface area contributed by atoms with Crippen LogP contribution in [0, 0.1) is 0 Å². The average molecular weight is 320 g/mol. The Balaban J connectivity index is 1.97. The van der Waals surface area contributed by atoms with Gasteiger partial charge in [-0.05, 0) is 35.0 Å². The molecule has 0 amide bonds. The smallest absolute Gasteiger partial charge is 0.262 e. The molecule has 0 saturated carbocycles. The summed E-state index contributed by atoms with van der Waals surface area (Å²) in [5.74, 6) is 0.118. The number of halogens is 1. The van der Waals surface area contributed by atoms with Gasteiger partial charge in [0.05, 0.1) is 4.90 Å². The summed E-state index contributed by atoms with van der Waals surface area (Å²) in [7, 11) is -3.71. The SMILES string of the molecule is O=S(=O)(Nc1ccc(Cl)nn1)c1ccc2ccccc2c1. The van der Waals surface area contributed by atoms with Gasteiger partial charge in [-0.1, -0.05) is 41.9 Å². The minimum atomic E-state index is -3.71. The number of nitrogens with one attached hydrogen (secondary N) is 1. The fraction of sp³-hybridized carbons (Fsp3) is 0. The van der Waals surface area contributed by atoms with Crippen LogP contribution in [0.2, 0.25) is 5.15 Å². The van der Waals surface area contributed by atoms with Crippen molar-refractivity contribution >= 4 is 38.2 Å². The summed E-state index contributed by atoms with van der Waals surface area (Å²) in [4.78, 5) is 0.165. The Kier molecular flexibility index (Phi) is 3.48. The molecule has 0 radical (unpaired) electrons. The van der Waals surface area contributed by atoms with Gasteiger partial charge in [-0.15, -0.1) is 10.2 Å². The van der Waals surface area contributed by atoms with Gasteiger partial charge < -0.3 is 0 Å². The van der Waals surface area contributed by atoms with E-state index in [9.17, 15) is 8.42 Å². The van der Waals surface area contributed by atoms with E-state index >= 15 is 0 Å². The highest BCUT2D eigenvalue weighted by molar-refractivity contribution is 7.92. The van der Waals surface area contributed by atoms with Crippen LogP contribution >= 0.6 is 11.6 Å². The zero-order valence-corrected chi connectivity index (χ0v) is 12.3. The van der Waals surface area contributed by atoms with E-state index in [-0.39, 0.29) is 15.9 Å². The zero-order chi connectivity index (χ0) is 14.9. The summed E-state index contributed by atoms with van der Waals surface area (Å²) < 4.78 is 27.0. The highest BCUT2D eigenvalue weighted by atomic mass is 35.5. The third kappa shape index (κ3) is 2.96. The Morgan fingerprint density at radius 3 is 2.38 bits per heavy atom. The lowest BCUT2D eigenvalue weighted by atomic mass is 10.1. The van der Waals surface area contributed by atoms with Crippen molar-refractivity contribution in [1.82, 2.24) is 10.2 Å². The van der Waals surface area contributed by atoms with Crippen LogP contribution in [0.5, 0.6) is 0 Å². The molecule has 7 heteroatoms. The molecule has 0 fully saturated rings. The molecule has 0 aliphatic heterocycles. The summed E-state index contributed by atoms with van der Waals surface area (Å²) in [6, 6.07) is 15.4. The van der Waals surface area contributed by atoms with Gasteiger partial charge in [0, 0.05) is 0 Å². The lowest BCUT2D eigenvalue weighted by molar-refractivity contribution is 0.601. The van der Waals surface area contributed by atoms with Crippen molar-refractivity contribution in [3.63, 3.8) is 0 Å². The number of rotatable bonds is 3. The second kappa shape index (κ2) is 5.31. The summed E-state index contributed by atoms with van der Waals surface area (Å²) >= 11 is 5.61. The Labute approximate surface area is 126 Å². The molecule has 0 bridgehead atoms. The molecule has 0 spiro atoms. The van der Waals surface area contributed by atoms with Gasteiger partial charge in [0.2, 0.25) is 0 Å². The number of aromatic nitrogens is 2. The molecule has 3 rings (SSSR count). The van der Waals surface area contributed by atoms with Crippen molar-refractivity contribution in [2.45, 2.75) is 4.90 Å². The molecular formula is C14H10ClN3O2S. The van der Waals surface area contributed by atoms with Crippen LogP contribution in [0.1, 0.15) is 0 Å². The highest BCUT2D eigenvalue weighted by Gasteiger charge is 2.15. The predicted octanol–water partition coefficient (Wildman–Crippen LogP) is 3.08. The average Bonchev–Trinajstić information content (AvgIpc) is 2.49. The van der Waals surface area contributed by atoms with E-state index in [1.807, 2.05) is 24.3 Å².